The van der Waals surface area contributed by atoms with Crippen molar-refractivity contribution >= 4 is 45.5 Å². The van der Waals surface area contributed by atoms with E-state index in [1.807, 2.05) is 38.1 Å². The topological polar surface area (TPSA) is 90.7 Å². The van der Waals surface area contributed by atoms with Crippen molar-refractivity contribution in [3.8, 4) is 6.07 Å². The molecule has 3 aromatic rings. The molecule has 0 saturated heterocycles. The maximum absolute atomic E-state index is 12.4. The van der Waals surface area contributed by atoms with Gasteiger partial charge in [-0.2, -0.15) is 5.26 Å². The van der Waals surface area contributed by atoms with Gasteiger partial charge in [0.05, 0.1) is 16.9 Å². The van der Waals surface area contributed by atoms with E-state index in [0.717, 1.165) is 11.3 Å². The number of hydrogen-bond donors (Lipinski definition) is 2. The quantitative estimate of drug-likeness (QED) is 0.594. The van der Waals surface area contributed by atoms with E-state index in [4.69, 9.17) is 5.26 Å². The molecule has 6 nitrogen and oxygen atoms in total. The molecule has 3 rings (SSSR count). The van der Waals surface area contributed by atoms with Gasteiger partial charge in [-0.3, -0.25) is 4.79 Å². The number of carbonyl (C=O) groups is 1. The minimum Gasteiger partial charge on any atom is -0.330 e. The summed E-state index contributed by atoms with van der Waals surface area (Å²) in [4.78, 5) is 12.4. The normalized spacial score (nSPS) is 11.4. The highest BCUT2D eigenvalue weighted by molar-refractivity contribution is 8.02. The van der Waals surface area contributed by atoms with Crippen molar-refractivity contribution in [2.45, 2.75) is 23.4 Å². The number of aryl methyl sites for hydroxylation is 1. The van der Waals surface area contributed by atoms with Crippen LogP contribution in [0.25, 0.3) is 0 Å². The predicted octanol–water partition coefficient (Wildman–Crippen LogP) is 4.58. The van der Waals surface area contributed by atoms with Crippen LogP contribution in [-0.2, 0) is 4.79 Å². The molecule has 0 aliphatic heterocycles. The fraction of sp³-hybridized carbons (Fsp3) is 0.158. The molecule has 0 aliphatic rings. The number of benzene rings is 2. The summed E-state index contributed by atoms with van der Waals surface area (Å²) in [6.07, 6.45) is 0. The summed E-state index contributed by atoms with van der Waals surface area (Å²) in [7, 11) is 0. The third kappa shape index (κ3) is 5.29. The standard InChI is InChI=1S/C19H17N5OS2/c1-12-5-3-7-15(9-12)22-18-23-24-19(27-18)26-13(2)17(25)21-16-8-4-6-14(10-16)11-20/h3-10,13H,1-2H3,(H,21,25)(H,22,23)/t13-/m1/s1. The summed E-state index contributed by atoms with van der Waals surface area (Å²) >= 11 is 2.74. The molecule has 1 heterocycles. The fourth-order valence-corrected chi connectivity index (χ4v) is 4.19. The molecule has 0 spiro atoms. The molecule has 1 atom stereocenters. The minimum absolute atomic E-state index is 0.154. The van der Waals surface area contributed by atoms with E-state index in [9.17, 15) is 4.79 Å². The number of nitriles is 1. The lowest BCUT2D eigenvalue weighted by Crippen LogP contribution is -2.22. The number of rotatable bonds is 6. The Morgan fingerprint density at radius 2 is 1.96 bits per heavy atom. The Kier molecular flexibility index (Phi) is 6.06. The summed E-state index contributed by atoms with van der Waals surface area (Å²) in [6, 6.07) is 16.9. The molecule has 136 valence electrons. The van der Waals surface area contributed by atoms with Gasteiger partial charge in [0.15, 0.2) is 4.34 Å². The second-order valence-corrected chi connectivity index (χ2v) is 8.37. The Labute approximate surface area is 165 Å². The first-order valence-electron chi connectivity index (χ1n) is 8.18. The molecule has 0 fully saturated rings. The fourth-order valence-electron chi connectivity index (χ4n) is 2.27. The zero-order valence-corrected chi connectivity index (χ0v) is 16.4. The maximum atomic E-state index is 12.4. The van der Waals surface area contributed by atoms with E-state index in [2.05, 4.69) is 26.9 Å². The van der Waals surface area contributed by atoms with Gasteiger partial charge in [-0.1, -0.05) is 41.3 Å². The summed E-state index contributed by atoms with van der Waals surface area (Å²) in [5.74, 6) is -0.154. The molecule has 2 N–H and O–H groups in total. The molecule has 2 aromatic carbocycles. The van der Waals surface area contributed by atoms with Crippen molar-refractivity contribution in [3.63, 3.8) is 0 Å². The van der Waals surface area contributed by atoms with E-state index < -0.39 is 0 Å². The number of nitrogens with zero attached hydrogens (tertiary/aromatic N) is 3. The summed E-state index contributed by atoms with van der Waals surface area (Å²) in [6.45, 7) is 3.84. The number of amides is 1. The Morgan fingerprint density at radius 3 is 2.74 bits per heavy atom. The van der Waals surface area contributed by atoms with Crippen LogP contribution in [-0.4, -0.2) is 21.4 Å². The van der Waals surface area contributed by atoms with Crippen LogP contribution in [0.1, 0.15) is 18.1 Å². The summed E-state index contributed by atoms with van der Waals surface area (Å²) in [5, 5.41) is 23.6. The predicted molar refractivity (Wildman–Crippen MR) is 109 cm³/mol. The number of hydrogen-bond acceptors (Lipinski definition) is 7. The molecule has 0 unspecified atom stereocenters. The van der Waals surface area contributed by atoms with Crippen molar-refractivity contribution in [2.75, 3.05) is 10.6 Å². The minimum atomic E-state index is -0.351. The van der Waals surface area contributed by atoms with Crippen LogP contribution in [0, 0.1) is 18.3 Å². The van der Waals surface area contributed by atoms with E-state index in [0.29, 0.717) is 20.7 Å². The van der Waals surface area contributed by atoms with Crippen LogP contribution >= 0.6 is 23.1 Å². The zero-order valence-electron chi connectivity index (χ0n) is 14.8. The molecule has 0 radical (unpaired) electrons. The largest absolute Gasteiger partial charge is 0.330 e. The second kappa shape index (κ2) is 8.66. The third-order valence-corrected chi connectivity index (χ3v) is 5.60. The molecule has 1 amide bonds. The number of thioether (sulfide) groups is 1. The van der Waals surface area contributed by atoms with E-state index in [-0.39, 0.29) is 11.2 Å². The Hall–Kier alpha value is -2.89. The average Bonchev–Trinajstić information content (AvgIpc) is 3.08. The van der Waals surface area contributed by atoms with Gasteiger partial charge in [0.1, 0.15) is 0 Å². The lowest BCUT2D eigenvalue weighted by Gasteiger charge is -2.10. The smallest absolute Gasteiger partial charge is 0.237 e. The molecule has 27 heavy (non-hydrogen) atoms. The van der Waals surface area contributed by atoms with Crippen LogP contribution in [0.5, 0.6) is 0 Å². The Balaban J connectivity index is 1.59. The van der Waals surface area contributed by atoms with Gasteiger partial charge in [0, 0.05) is 11.4 Å². The number of carbonyl (C=O) groups excluding carboxylic acids is 1. The van der Waals surface area contributed by atoms with E-state index >= 15 is 0 Å². The van der Waals surface area contributed by atoms with Crippen LogP contribution < -0.4 is 10.6 Å². The van der Waals surface area contributed by atoms with E-state index in [1.165, 1.54) is 23.1 Å². The second-order valence-electron chi connectivity index (χ2n) is 5.81. The first-order valence-corrected chi connectivity index (χ1v) is 9.88. The van der Waals surface area contributed by atoms with Gasteiger partial charge in [-0.15, -0.1) is 10.2 Å². The first-order chi connectivity index (χ1) is 13.0. The molecule has 0 bridgehead atoms. The third-order valence-electron chi connectivity index (χ3n) is 3.58. The van der Waals surface area contributed by atoms with Crippen molar-refractivity contribution in [3.05, 3.63) is 59.7 Å². The van der Waals surface area contributed by atoms with Gasteiger partial charge in [-0.05, 0) is 49.7 Å². The Bertz CT molecular complexity index is 996. The van der Waals surface area contributed by atoms with Gasteiger partial charge in [-0.25, -0.2) is 0 Å². The first kappa shape index (κ1) is 18.9. The van der Waals surface area contributed by atoms with Crippen molar-refractivity contribution in [1.29, 1.82) is 5.26 Å². The zero-order chi connectivity index (χ0) is 19.2. The molecular weight excluding hydrogens is 378 g/mol. The van der Waals surface area contributed by atoms with Crippen molar-refractivity contribution in [2.24, 2.45) is 0 Å². The summed E-state index contributed by atoms with van der Waals surface area (Å²) < 4.78 is 0.707. The molecule has 1 aromatic heterocycles. The summed E-state index contributed by atoms with van der Waals surface area (Å²) in [5.41, 5.74) is 3.21. The lowest BCUT2D eigenvalue weighted by molar-refractivity contribution is -0.115. The highest BCUT2D eigenvalue weighted by Gasteiger charge is 2.17. The average molecular weight is 396 g/mol. The molecule has 0 aliphatic carbocycles. The maximum Gasteiger partial charge on any atom is 0.237 e. The number of anilines is 3. The molecular formula is C19H17N5OS2. The number of nitrogens with one attached hydrogen (secondary N) is 2. The van der Waals surface area contributed by atoms with Crippen LogP contribution in [0.4, 0.5) is 16.5 Å². The number of aromatic nitrogens is 2. The Morgan fingerprint density at radius 1 is 1.19 bits per heavy atom. The van der Waals surface area contributed by atoms with Crippen LogP contribution in [0.15, 0.2) is 52.9 Å². The van der Waals surface area contributed by atoms with Gasteiger partial charge in [0.2, 0.25) is 11.0 Å². The van der Waals surface area contributed by atoms with Crippen molar-refractivity contribution < 1.29 is 4.79 Å². The highest BCUT2D eigenvalue weighted by Crippen LogP contribution is 2.31. The van der Waals surface area contributed by atoms with Crippen molar-refractivity contribution in [1.82, 2.24) is 10.2 Å². The molecule has 0 saturated carbocycles. The lowest BCUT2D eigenvalue weighted by atomic mass is 10.2. The van der Waals surface area contributed by atoms with Gasteiger partial charge >= 0.3 is 0 Å². The van der Waals surface area contributed by atoms with E-state index in [1.54, 1.807) is 24.3 Å². The molecule has 8 heteroatoms. The van der Waals surface area contributed by atoms with Crippen LogP contribution in [0.3, 0.4) is 0 Å². The highest BCUT2D eigenvalue weighted by atomic mass is 32.2. The van der Waals surface area contributed by atoms with Gasteiger partial charge in [0.25, 0.3) is 0 Å². The monoisotopic (exact) mass is 395 g/mol. The van der Waals surface area contributed by atoms with Gasteiger partial charge < -0.3 is 10.6 Å². The SMILES string of the molecule is Cc1cccc(Nc2nnc(S[C@H](C)C(=O)Nc3cccc(C#N)c3)s2)c1. The van der Waals surface area contributed by atoms with Crippen LogP contribution in [0.2, 0.25) is 0 Å².